The molecule has 1 aliphatic heterocycles. The predicted octanol–water partition coefficient (Wildman–Crippen LogP) is 3.42. The molecular formula is C16H23N. The molecule has 0 unspecified atom stereocenters. The summed E-state index contributed by atoms with van der Waals surface area (Å²) >= 11 is 0. The number of hydrogen-bond donors (Lipinski definition) is 0. The number of nitrogens with zero attached hydrogens (tertiary/aromatic N) is 1. The van der Waals surface area contributed by atoms with Crippen LogP contribution in [0.15, 0.2) is 24.3 Å². The fourth-order valence-corrected chi connectivity index (χ4v) is 3.66. The molecule has 92 valence electrons. The highest BCUT2D eigenvalue weighted by atomic mass is 15.2. The second kappa shape index (κ2) is 4.81. The zero-order valence-electron chi connectivity index (χ0n) is 10.9. The van der Waals surface area contributed by atoms with E-state index in [0.717, 1.165) is 12.1 Å². The number of likely N-dealkylation sites (tertiary alicyclic amines) is 1. The Bertz CT molecular complexity index is 358. The van der Waals surface area contributed by atoms with Gasteiger partial charge in [-0.3, -0.25) is 4.90 Å². The molecule has 1 heteroatoms. The number of benzene rings is 1. The van der Waals surface area contributed by atoms with Gasteiger partial charge in [0.15, 0.2) is 0 Å². The van der Waals surface area contributed by atoms with Gasteiger partial charge in [-0.1, -0.05) is 24.3 Å². The Morgan fingerprint density at radius 2 is 1.65 bits per heavy atom. The van der Waals surface area contributed by atoms with Gasteiger partial charge < -0.3 is 0 Å². The first kappa shape index (κ1) is 11.3. The van der Waals surface area contributed by atoms with Gasteiger partial charge in [-0.05, 0) is 63.1 Å². The van der Waals surface area contributed by atoms with Crippen LogP contribution in [0.2, 0.25) is 0 Å². The molecular weight excluding hydrogens is 206 g/mol. The van der Waals surface area contributed by atoms with Crippen molar-refractivity contribution in [1.29, 1.82) is 0 Å². The maximum absolute atomic E-state index is 2.77. The van der Waals surface area contributed by atoms with Crippen LogP contribution in [0.1, 0.15) is 43.7 Å². The molecule has 1 nitrogen and oxygen atoms in total. The van der Waals surface area contributed by atoms with Gasteiger partial charge in [-0.2, -0.15) is 0 Å². The van der Waals surface area contributed by atoms with Crippen LogP contribution in [0, 0.1) is 0 Å². The van der Waals surface area contributed by atoms with Gasteiger partial charge in [0.1, 0.15) is 0 Å². The molecule has 0 spiro atoms. The molecule has 1 aliphatic carbocycles. The molecule has 0 amide bonds. The first-order valence-corrected chi connectivity index (χ1v) is 7.17. The molecule has 1 saturated heterocycles. The third-order valence-corrected chi connectivity index (χ3v) is 4.69. The zero-order valence-corrected chi connectivity index (χ0v) is 10.9. The van der Waals surface area contributed by atoms with E-state index in [1.165, 1.54) is 45.1 Å². The number of aryl methyl sites for hydroxylation is 2. The van der Waals surface area contributed by atoms with Crippen molar-refractivity contribution in [3.63, 3.8) is 0 Å². The minimum absolute atomic E-state index is 0.821. The number of rotatable bonds is 1. The van der Waals surface area contributed by atoms with Crippen molar-refractivity contribution >= 4 is 0 Å². The molecule has 0 bridgehead atoms. The van der Waals surface area contributed by atoms with E-state index in [1.54, 1.807) is 11.1 Å². The van der Waals surface area contributed by atoms with Crippen molar-refractivity contribution in [2.45, 2.75) is 57.5 Å². The van der Waals surface area contributed by atoms with Crippen LogP contribution in [-0.2, 0) is 12.8 Å². The first-order chi connectivity index (χ1) is 8.34. The van der Waals surface area contributed by atoms with Gasteiger partial charge >= 0.3 is 0 Å². The lowest BCUT2D eigenvalue weighted by molar-refractivity contribution is 0.174. The monoisotopic (exact) mass is 229 g/mol. The minimum Gasteiger partial charge on any atom is -0.298 e. The lowest BCUT2D eigenvalue weighted by atomic mass is 10.0. The van der Waals surface area contributed by atoms with Crippen molar-refractivity contribution in [2.24, 2.45) is 0 Å². The zero-order chi connectivity index (χ0) is 11.7. The van der Waals surface area contributed by atoms with Gasteiger partial charge in [-0.15, -0.1) is 0 Å². The summed E-state index contributed by atoms with van der Waals surface area (Å²) in [4.78, 5) is 2.77. The van der Waals surface area contributed by atoms with E-state index < -0.39 is 0 Å². The molecule has 0 aromatic heterocycles. The molecule has 1 aromatic rings. The molecule has 1 atom stereocenters. The Morgan fingerprint density at radius 1 is 1.00 bits per heavy atom. The van der Waals surface area contributed by atoms with Crippen LogP contribution in [0.25, 0.3) is 0 Å². The first-order valence-electron chi connectivity index (χ1n) is 7.17. The molecule has 1 fully saturated rings. The maximum atomic E-state index is 2.77. The van der Waals surface area contributed by atoms with Crippen molar-refractivity contribution in [1.82, 2.24) is 4.90 Å². The van der Waals surface area contributed by atoms with E-state index in [4.69, 9.17) is 0 Å². The van der Waals surface area contributed by atoms with Gasteiger partial charge in [0.2, 0.25) is 0 Å². The van der Waals surface area contributed by atoms with Crippen molar-refractivity contribution in [2.75, 3.05) is 6.54 Å². The van der Waals surface area contributed by atoms with Crippen LogP contribution in [-0.4, -0.2) is 23.5 Å². The lowest BCUT2D eigenvalue weighted by Crippen LogP contribution is -2.37. The van der Waals surface area contributed by atoms with Crippen LogP contribution in [0.5, 0.6) is 0 Å². The smallest absolute Gasteiger partial charge is 0.0104 e. The minimum atomic E-state index is 0.821. The van der Waals surface area contributed by atoms with Gasteiger partial charge in [-0.25, -0.2) is 0 Å². The molecule has 17 heavy (non-hydrogen) atoms. The molecule has 1 aromatic carbocycles. The molecule has 0 radical (unpaired) electrons. The molecule has 2 aliphatic rings. The summed E-state index contributed by atoms with van der Waals surface area (Å²) in [5.41, 5.74) is 3.20. The number of hydrogen-bond acceptors (Lipinski definition) is 1. The summed E-state index contributed by atoms with van der Waals surface area (Å²) in [6, 6.07) is 10.7. The van der Waals surface area contributed by atoms with Crippen LogP contribution >= 0.6 is 0 Å². The third-order valence-electron chi connectivity index (χ3n) is 4.69. The summed E-state index contributed by atoms with van der Waals surface area (Å²) in [6.07, 6.45) is 8.10. The van der Waals surface area contributed by atoms with Crippen molar-refractivity contribution < 1.29 is 0 Å². The third kappa shape index (κ3) is 2.26. The van der Waals surface area contributed by atoms with E-state index in [1.807, 2.05) is 0 Å². The van der Waals surface area contributed by atoms with Crippen LogP contribution in [0.4, 0.5) is 0 Å². The standard InChI is InChI=1S/C16H23N/c1-13-5-4-12-17(13)16-10-8-14-6-2-3-7-15(14)9-11-16/h2-3,6-7,13,16H,4-5,8-12H2,1H3/t13-/m1/s1. The Kier molecular flexibility index (Phi) is 3.19. The van der Waals surface area contributed by atoms with E-state index in [0.29, 0.717) is 0 Å². The Morgan fingerprint density at radius 3 is 2.18 bits per heavy atom. The highest BCUT2D eigenvalue weighted by Crippen LogP contribution is 2.28. The largest absolute Gasteiger partial charge is 0.298 e. The second-order valence-corrected chi connectivity index (χ2v) is 5.73. The maximum Gasteiger partial charge on any atom is 0.0104 e. The van der Waals surface area contributed by atoms with E-state index in [-0.39, 0.29) is 0 Å². The van der Waals surface area contributed by atoms with Gasteiger partial charge in [0.25, 0.3) is 0 Å². The van der Waals surface area contributed by atoms with Crippen LogP contribution < -0.4 is 0 Å². The lowest BCUT2D eigenvalue weighted by Gasteiger charge is -2.30. The Hall–Kier alpha value is -0.820. The van der Waals surface area contributed by atoms with Crippen molar-refractivity contribution in [3.05, 3.63) is 35.4 Å². The normalized spacial score (nSPS) is 26.8. The van der Waals surface area contributed by atoms with Gasteiger partial charge in [0.05, 0.1) is 0 Å². The highest BCUT2D eigenvalue weighted by Gasteiger charge is 2.28. The predicted molar refractivity (Wildman–Crippen MR) is 72.3 cm³/mol. The van der Waals surface area contributed by atoms with Crippen LogP contribution in [0.3, 0.4) is 0 Å². The summed E-state index contributed by atoms with van der Waals surface area (Å²) in [5, 5.41) is 0. The van der Waals surface area contributed by atoms with E-state index >= 15 is 0 Å². The van der Waals surface area contributed by atoms with Crippen molar-refractivity contribution in [3.8, 4) is 0 Å². The summed E-state index contributed by atoms with van der Waals surface area (Å²) < 4.78 is 0. The van der Waals surface area contributed by atoms with Gasteiger partial charge in [0, 0.05) is 12.1 Å². The fraction of sp³-hybridized carbons (Fsp3) is 0.625. The summed E-state index contributed by atoms with van der Waals surface area (Å²) in [7, 11) is 0. The molecule has 0 N–H and O–H groups in total. The topological polar surface area (TPSA) is 3.24 Å². The quantitative estimate of drug-likeness (QED) is 0.667. The average Bonchev–Trinajstić information content (AvgIpc) is 2.66. The molecule has 1 heterocycles. The fourth-order valence-electron chi connectivity index (χ4n) is 3.66. The Balaban J connectivity index is 1.72. The Labute approximate surface area is 105 Å². The number of fused-ring (bicyclic) bond motifs is 1. The second-order valence-electron chi connectivity index (χ2n) is 5.73. The molecule has 3 rings (SSSR count). The van der Waals surface area contributed by atoms with E-state index in [9.17, 15) is 0 Å². The molecule has 0 saturated carbocycles. The highest BCUT2D eigenvalue weighted by molar-refractivity contribution is 5.28. The SMILES string of the molecule is C[C@@H]1CCCN1C1CCc2ccccc2CC1. The average molecular weight is 229 g/mol. The van der Waals surface area contributed by atoms with E-state index in [2.05, 4.69) is 36.1 Å². The summed E-state index contributed by atoms with van der Waals surface area (Å²) in [6.45, 7) is 3.74. The summed E-state index contributed by atoms with van der Waals surface area (Å²) in [5.74, 6) is 0.